The van der Waals surface area contributed by atoms with Gasteiger partial charge in [-0.05, 0) is 37.0 Å². The van der Waals surface area contributed by atoms with Gasteiger partial charge in [0, 0.05) is 0 Å². The normalized spacial score (nSPS) is 11.6. The molecule has 0 aliphatic rings. The minimum absolute atomic E-state index is 0.616. The predicted octanol–water partition coefficient (Wildman–Crippen LogP) is 2.02. The molecule has 0 spiro atoms. The van der Waals surface area contributed by atoms with Crippen molar-refractivity contribution in [2.45, 2.75) is 25.4 Å². The average Bonchev–Trinajstić information content (AvgIpc) is 2.38. The van der Waals surface area contributed by atoms with Crippen molar-refractivity contribution in [3.63, 3.8) is 0 Å². The van der Waals surface area contributed by atoms with Crippen LogP contribution in [0, 0.1) is 12.3 Å². The summed E-state index contributed by atoms with van der Waals surface area (Å²) in [4.78, 5) is 0. The summed E-state index contributed by atoms with van der Waals surface area (Å²) in [5, 5.41) is 9.24. The first kappa shape index (κ1) is 13.4. The number of aryl methyl sites for hydroxylation is 1. The van der Waals surface area contributed by atoms with Gasteiger partial charge in [-0.25, -0.2) is 0 Å². The van der Waals surface area contributed by atoms with E-state index >= 15 is 0 Å². The Bertz CT molecular complexity index is 393. The molecular formula is C14H18O3. The van der Waals surface area contributed by atoms with Crippen LogP contribution in [0.25, 0.3) is 0 Å². The van der Waals surface area contributed by atoms with Crippen molar-refractivity contribution < 1.29 is 14.6 Å². The number of ether oxygens (including phenoxy) is 2. The molecule has 1 aromatic rings. The first-order valence-corrected chi connectivity index (χ1v) is 5.56. The highest BCUT2D eigenvalue weighted by Crippen LogP contribution is 2.28. The van der Waals surface area contributed by atoms with Gasteiger partial charge in [-0.15, -0.1) is 6.42 Å². The number of terminal acetylenes is 1. The fraction of sp³-hybridized carbons (Fsp3) is 0.429. The highest BCUT2D eigenvalue weighted by Gasteiger charge is 2.05. The van der Waals surface area contributed by atoms with Crippen LogP contribution in [0.1, 0.15) is 18.4 Å². The summed E-state index contributed by atoms with van der Waals surface area (Å²) in [7, 11) is 3.23. The summed E-state index contributed by atoms with van der Waals surface area (Å²) in [6.07, 6.45) is 6.78. The highest BCUT2D eigenvalue weighted by molar-refractivity contribution is 5.42. The van der Waals surface area contributed by atoms with Crippen molar-refractivity contribution in [1.82, 2.24) is 0 Å². The third-order valence-electron chi connectivity index (χ3n) is 2.58. The summed E-state index contributed by atoms with van der Waals surface area (Å²) in [6.45, 7) is 0. The van der Waals surface area contributed by atoms with Crippen molar-refractivity contribution in [2.24, 2.45) is 0 Å². The first-order chi connectivity index (χ1) is 8.21. The molecular weight excluding hydrogens is 216 g/mol. The lowest BCUT2D eigenvalue weighted by Crippen LogP contribution is -2.02. The number of hydrogen-bond acceptors (Lipinski definition) is 3. The molecule has 0 fully saturated rings. The lowest BCUT2D eigenvalue weighted by molar-refractivity contribution is 0.219. The van der Waals surface area contributed by atoms with Crippen molar-refractivity contribution in [1.29, 1.82) is 0 Å². The van der Waals surface area contributed by atoms with Gasteiger partial charge in [-0.3, -0.25) is 0 Å². The molecule has 0 aromatic heterocycles. The summed E-state index contributed by atoms with van der Waals surface area (Å²) in [5.74, 6) is 3.75. The van der Waals surface area contributed by atoms with E-state index in [1.807, 2.05) is 18.2 Å². The number of aliphatic hydroxyl groups is 1. The molecule has 0 heterocycles. The molecule has 0 unspecified atom stereocenters. The van der Waals surface area contributed by atoms with Crippen molar-refractivity contribution in [3.8, 4) is 23.8 Å². The van der Waals surface area contributed by atoms with Crippen LogP contribution < -0.4 is 9.47 Å². The second kappa shape index (κ2) is 6.82. The first-order valence-electron chi connectivity index (χ1n) is 5.56. The predicted molar refractivity (Wildman–Crippen MR) is 67.3 cm³/mol. The molecule has 1 atom stereocenters. The lowest BCUT2D eigenvalue weighted by Gasteiger charge is -2.09. The largest absolute Gasteiger partial charge is 0.493 e. The van der Waals surface area contributed by atoms with E-state index in [-0.39, 0.29) is 0 Å². The number of rotatable bonds is 6. The van der Waals surface area contributed by atoms with E-state index in [0.29, 0.717) is 6.42 Å². The third kappa shape index (κ3) is 4.01. The standard InChI is InChI=1S/C14H18O3/c1-4-12(15)7-5-6-11-8-9-13(16-2)14(10-11)17-3/h1,8-10,12,15H,5-7H2,2-3H3/t12-/m0/s1. The van der Waals surface area contributed by atoms with Crippen LogP contribution in [0.15, 0.2) is 18.2 Å². The van der Waals surface area contributed by atoms with Gasteiger partial charge in [0.15, 0.2) is 11.5 Å². The molecule has 0 saturated carbocycles. The van der Waals surface area contributed by atoms with Crippen LogP contribution in [0.5, 0.6) is 11.5 Å². The summed E-state index contributed by atoms with van der Waals surface area (Å²) < 4.78 is 10.4. The molecule has 0 aliphatic heterocycles. The van der Waals surface area contributed by atoms with Gasteiger partial charge >= 0.3 is 0 Å². The minimum atomic E-state index is -0.643. The Labute approximate surface area is 102 Å². The Morgan fingerprint density at radius 3 is 2.59 bits per heavy atom. The fourth-order valence-corrected chi connectivity index (χ4v) is 1.62. The Balaban J connectivity index is 2.58. The molecule has 0 radical (unpaired) electrons. The maximum absolute atomic E-state index is 9.24. The van der Waals surface area contributed by atoms with Crippen molar-refractivity contribution >= 4 is 0 Å². The molecule has 1 rings (SSSR count). The molecule has 92 valence electrons. The lowest BCUT2D eigenvalue weighted by atomic mass is 10.1. The zero-order valence-electron chi connectivity index (χ0n) is 10.3. The summed E-state index contributed by atoms with van der Waals surface area (Å²) in [6, 6.07) is 5.82. The monoisotopic (exact) mass is 234 g/mol. The van der Waals surface area contributed by atoms with E-state index in [1.54, 1.807) is 14.2 Å². The second-order valence-electron chi connectivity index (χ2n) is 3.76. The average molecular weight is 234 g/mol. The maximum Gasteiger partial charge on any atom is 0.160 e. The van der Waals surface area contributed by atoms with Crippen LogP contribution in [-0.2, 0) is 6.42 Å². The topological polar surface area (TPSA) is 38.7 Å². The van der Waals surface area contributed by atoms with E-state index in [0.717, 1.165) is 29.9 Å². The third-order valence-corrected chi connectivity index (χ3v) is 2.58. The summed E-state index contributed by atoms with van der Waals surface area (Å²) in [5.41, 5.74) is 1.15. The SMILES string of the molecule is C#C[C@H](O)CCCc1ccc(OC)c(OC)c1. The maximum atomic E-state index is 9.24. The number of hydrogen-bond donors (Lipinski definition) is 1. The molecule has 0 amide bonds. The Kier molecular flexibility index (Phi) is 5.38. The van der Waals surface area contributed by atoms with Gasteiger partial charge in [-0.2, -0.15) is 0 Å². The van der Waals surface area contributed by atoms with Crippen molar-refractivity contribution in [2.75, 3.05) is 14.2 Å². The minimum Gasteiger partial charge on any atom is -0.493 e. The van der Waals surface area contributed by atoms with E-state index in [4.69, 9.17) is 15.9 Å². The molecule has 0 aliphatic carbocycles. The fourth-order valence-electron chi connectivity index (χ4n) is 1.62. The molecule has 17 heavy (non-hydrogen) atoms. The van der Waals surface area contributed by atoms with Gasteiger partial charge in [0.05, 0.1) is 14.2 Å². The van der Waals surface area contributed by atoms with Gasteiger partial charge in [0.2, 0.25) is 0 Å². The van der Waals surface area contributed by atoms with E-state index in [1.165, 1.54) is 0 Å². The van der Waals surface area contributed by atoms with Crippen LogP contribution in [0.4, 0.5) is 0 Å². The number of benzene rings is 1. The van der Waals surface area contributed by atoms with E-state index in [9.17, 15) is 5.11 Å². The van der Waals surface area contributed by atoms with Crippen LogP contribution in [-0.4, -0.2) is 25.4 Å². The van der Waals surface area contributed by atoms with Crippen molar-refractivity contribution in [3.05, 3.63) is 23.8 Å². The molecule has 3 nitrogen and oxygen atoms in total. The number of aliphatic hydroxyl groups excluding tert-OH is 1. The van der Waals surface area contributed by atoms with E-state index in [2.05, 4.69) is 5.92 Å². The van der Waals surface area contributed by atoms with Gasteiger partial charge in [0.1, 0.15) is 6.10 Å². The quantitative estimate of drug-likeness (QED) is 0.765. The van der Waals surface area contributed by atoms with Crippen LogP contribution in [0.3, 0.4) is 0 Å². The Morgan fingerprint density at radius 1 is 1.29 bits per heavy atom. The molecule has 0 bridgehead atoms. The Morgan fingerprint density at radius 2 is 2.00 bits per heavy atom. The van der Waals surface area contributed by atoms with Gasteiger partial charge in [-0.1, -0.05) is 12.0 Å². The smallest absolute Gasteiger partial charge is 0.160 e. The summed E-state index contributed by atoms with van der Waals surface area (Å²) >= 11 is 0. The zero-order valence-corrected chi connectivity index (χ0v) is 10.3. The van der Waals surface area contributed by atoms with Gasteiger partial charge in [0.25, 0.3) is 0 Å². The molecule has 1 aromatic carbocycles. The zero-order chi connectivity index (χ0) is 12.7. The Hall–Kier alpha value is -1.66. The van der Waals surface area contributed by atoms with Gasteiger partial charge < -0.3 is 14.6 Å². The van der Waals surface area contributed by atoms with Crippen LogP contribution >= 0.6 is 0 Å². The second-order valence-corrected chi connectivity index (χ2v) is 3.76. The highest BCUT2D eigenvalue weighted by atomic mass is 16.5. The molecule has 1 N–H and O–H groups in total. The molecule has 3 heteroatoms. The molecule has 0 saturated heterocycles. The van der Waals surface area contributed by atoms with Crippen LogP contribution in [0.2, 0.25) is 0 Å². The van der Waals surface area contributed by atoms with E-state index < -0.39 is 6.10 Å². The number of methoxy groups -OCH3 is 2.